The monoisotopic (exact) mass is 704 g/mol. The van der Waals surface area contributed by atoms with Crippen molar-refractivity contribution in [3.63, 3.8) is 0 Å². The lowest BCUT2D eigenvalue weighted by molar-refractivity contribution is 0.620. The number of oxazole rings is 1. The molecule has 9 aromatic carbocycles. The Kier molecular flexibility index (Phi) is 7.14. The van der Waals surface area contributed by atoms with Crippen LogP contribution >= 0.6 is 0 Å². The molecule has 4 nitrogen and oxygen atoms in total. The summed E-state index contributed by atoms with van der Waals surface area (Å²) >= 11 is 0. The van der Waals surface area contributed by atoms with E-state index >= 15 is 0 Å². The quantitative estimate of drug-likeness (QED) is 0.173. The lowest BCUT2D eigenvalue weighted by Crippen LogP contribution is -2.11. The largest absolute Gasteiger partial charge is 0.456 e. The van der Waals surface area contributed by atoms with E-state index in [-0.39, 0.29) is 0 Å². The number of fused-ring (bicyclic) bond motifs is 7. The maximum absolute atomic E-state index is 6.65. The van der Waals surface area contributed by atoms with E-state index < -0.39 is 0 Å². The Morgan fingerprint density at radius 2 is 1.09 bits per heavy atom. The summed E-state index contributed by atoms with van der Waals surface area (Å²) in [6, 6.07) is 68.1. The molecule has 11 rings (SSSR count). The van der Waals surface area contributed by atoms with Crippen LogP contribution in [0.1, 0.15) is 0 Å². The van der Waals surface area contributed by atoms with Crippen molar-refractivity contribution in [1.29, 1.82) is 0 Å². The maximum Gasteiger partial charge on any atom is 0.228 e. The van der Waals surface area contributed by atoms with E-state index in [1.165, 1.54) is 21.9 Å². The van der Waals surface area contributed by atoms with Gasteiger partial charge in [-0.25, -0.2) is 4.98 Å². The molecular formula is C51H32N2O2. The first-order valence-electron chi connectivity index (χ1n) is 18.5. The highest BCUT2D eigenvalue weighted by atomic mass is 16.3. The average Bonchev–Trinajstić information content (AvgIpc) is 3.87. The summed E-state index contributed by atoms with van der Waals surface area (Å²) in [5, 5.41) is 6.66. The molecule has 4 heteroatoms. The molecule has 0 saturated heterocycles. The number of nitrogens with zero attached hydrogens (tertiary/aromatic N) is 2. The van der Waals surface area contributed by atoms with Gasteiger partial charge in [-0.1, -0.05) is 133 Å². The Bertz CT molecular complexity index is 3210. The average molecular weight is 705 g/mol. The van der Waals surface area contributed by atoms with E-state index in [0.29, 0.717) is 5.89 Å². The number of aromatic nitrogens is 1. The van der Waals surface area contributed by atoms with Gasteiger partial charge in [0.2, 0.25) is 5.89 Å². The normalized spacial score (nSPS) is 11.6. The van der Waals surface area contributed by atoms with Crippen LogP contribution in [0.4, 0.5) is 17.1 Å². The smallest absolute Gasteiger partial charge is 0.228 e. The first kappa shape index (κ1) is 31.1. The van der Waals surface area contributed by atoms with Crippen molar-refractivity contribution in [2.45, 2.75) is 0 Å². The topological polar surface area (TPSA) is 42.4 Å². The van der Waals surface area contributed by atoms with Gasteiger partial charge in [-0.15, -0.1) is 0 Å². The SMILES string of the molecule is c1ccc(-c2ccccc2N(c2ccc(-c3ccc4ccccc4c3)cc2)c2ccc3c(c2)oc2cccc(-c4nc5c(ccc6ccccc65)o4)c23)cc1. The molecule has 258 valence electrons. The van der Waals surface area contributed by atoms with Gasteiger partial charge in [0.05, 0.1) is 5.69 Å². The molecule has 2 heterocycles. The number of anilines is 3. The summed E-state index contributed by atoms with van der Waals surface area (Å²) in [4.78, 5) is 7.36. The number of hydrogen-bond acceptors (Lipinski definition) is 4. The maximum atomic E-state index is 6.65. The Morgan fingerprint density at radius 3 is 1.98 bits per heavy atom. The fourth-order valence-electron chi connectivity index (χ4n) is 8.04. The number of rotatable bonds is 6. The van der Waals surface area contributed by atoms with Crippen LogP contribution in [0, 0.1) is 0 Å². The van der Waals surface area contributed by atoms with E-state index in [1.54, 1.807) is 0 Å². The van der Waals surface area contributed by atoms with Gasteiger partial charge in [0.1, 0.15) is 16.7 Å². The number of para-hydroxylation sites is 1. The molecule has 0 saturated carbocycles. The van der Waals surface area contributed by atoms with Crippen LogP contribution in [0.2, 0.25) is 0 Å². The van der Waals surface area contributed by atoms with Gasteiger partial charge in [-0.3, -0.25) is 0 Å². The number of hydrogen-bond donors (Lipinski definition) is 0. The summed E-state index contributed by atoms with van der Waals surface area (Å²) in [7, 11) is 0. The minimum absolute atomic E-state index is 0.577. The molecule has 0 spiro atoms. The van der Waals surface area contributed by atoms with E-state index in [1.807, 2.05) is 30.3 Å². The Hall–Kier alpha value is -7.43. The molecule has 2 aromatic heterocycles. The Morgan fingerprint density at radius 1 is 0.382 bits per heavy atom. The van der Waals surface area contributed by atoms with Crippen LogP contribution in [0.25, 0.3) is 88.3 Å². The summed E-state index contributed by atoms with van der Waals surface area (Å²) in [6.07, 6.45) is 0. The number of furan rings is 1. The van der Waals surface area contributed by atoms with Gasteiger partial charge in [0.25, 0.3) is 0 Å². The van der Waals surface area contributed by atoms with Crippen LogP contribution in [0.15, 0.2) is 203 Å². The zero-order valence-corrected chi connectivity index (χ0v) is 29.7. The van der Waals surface area contributed by atoms with Crippen molar-refractivity contribution in [1.82, 2.24) is 4.98 Å². The first-order chi connectivity index (χ1) is 27.2. The van der Waals surface area contributed by atoms with Crippen LogP contribution in [-0.4, -0.2) is 4.98 Å². The second-order valence-corrected chi connectivity index (χ2v) is 13.9. The van der Waals surface area contributed by atoms with Gasteiger partial charge in [-0.05, 0) is 87.4 Å². The summed E-state index contributed by atoms with van der Waals surface area (Å²) < 4.78 is 13.1. The second-order valence-electron chi connectivity index (χ2n) is 13.9. The summed E-state index contributed by atoms with van der Waals surface area (Å²) in [5.74, 6) is 0.577. The fraction of sp³-hybridized carbons (Fsp3) is 0. The third-order valence-corrected chi connectivity index (χ3v) is 10.7. The fourth-order valence-corrected chi connectivity index (χ4v) is 8.04. The highest BCUT2D eigenvalue weighted by Gasteiger charge is 2.21. The van der Waals surface area contributed by atoms with Crippen molar-refractivity contribution in [3.05, 3.63) is 194 Å². The zero-order chi connectivity index (χ0) is 36.3. The zero-order valence-electron chi connectivity index (χ0n) is 29.7. The first-order valence-corrected chi connectivity index (χ1v) is 18.5. The van der Waals surface area contributed by atoms with E-state index in [9.17, 15) is 0 Å². The minimum Gasteiger partial charge on any atom is -0.456 e. The third-order valence-electron chi connectivity index (χ3n) is 10.7. The van der Waals surface area contributed by atoms with E-state index in [4.69, 9.17) is 13.8 Å². The molecule has 0 N–H and O–H groups in total. The van der Waals surface area contributed by atoms with Crippen molar-refractivity contribution >= 4 is 71.6 Å². The minimum atomic E-state index is 0.577. The van der Waals surface area contributed by atoms with Crippen molar-refractivity contribution in [2.75, 3.05) is 4.90 Å². The predicted molar refractivity (Wildman–Crippen MR) is 227 cm³/mol. The molecule has 0 bridgehead atoms. The standard InChI is InChI=1S/C51H32N2O2/c1-2-12-35(13-3-1)41-16-8-9-19-45(41)53(39-26-23-34(24-27-39)38-22-21-33-11-4-5-15-37(33)31-38)40-28-29-43-48(32-40)54-46-20-10-18-44(49(43)46)51-52-50-42-17-7-6-14-36(42)25-30-47(50)55-51/h1-32H. The molecule has 55 heavy (non-hydrogen) atoms. The lowest BCUT2D eigenvalue weighted by Gasteiger charge is -2.28. The van der Waals surface area contributed by atoms with Crippen molar-refractivity contribution < 1.29 is 8.83 Å². The van der Waals surface area contributed by atoms with Crippen LogP contribution in [0.5, 0.6) is 0 Å². The Labute approximate surface area is 317 Å². The van der Waals surface area contributed by atoms with Crippen molar-refractivity contribution in [3.8, 4) is 33.7 Å². The Balaban J connectivity index is 1.06. The highest BCUT2D eigenvalue weighted by Crippen LogP contribution is 2.44. The highest BCUT2D eigenvalue weighted by molar-refractivity contribution is 6.13. The number of benzene rings is 9. The van der Waals surface area contributed by atoms with Crippen molar-refractivity contribution in [2.24, 2.45) is 0 Å². The van der Waals surface area contributed by atoms with Crippen LogP contribution in [-0.2, 0) is 0 Å². The van der Waals surface area contributed by atoms with Gasteiger partial charge >= 0.3 is 0 Å². The second kappa shape index (κ2) is 12.6. The third kappa shape index (κ3) is 5.26. The molecule has 0 radical (unpaired) electrons. The van der Waals surface area contributed by atoms with Gasteiger partial charge in [0, 0.05) is 44.7 Å². The van der Waals surface area contributed by atoms with Gasteiger partial charge in [-0.2, -0.15) is 0 Å². The molecule has 0 amide bonds. The molecular weight excluding hydrogens is 673 g/mol. The van der Waals surface area contributed by atoms with Crippen LogP contribution in [0.3, 0.4) is 0 Å². The predicted octanol–water partition coefficient (Wildman–Crippen LogP) is 14.5. The van der Waals surface area contributed by atoms with E-state index in [2.05, 4.69) is 169 Å². The van der Waals surface area contributed by atoms with Crippen LogP contribution < -0.4 is 4.90 Å². The molecule has 0 atom stereocenters. The molecule has 0 unspecified atom stereocenters. The molecule has 0 aliphatic heterocycles. The molecule has 11 aromatic rings. The molecule has 0 fully saturated rings. The van der Waals surface area contributed by atoms with E-state index in [0.717, 1.165) is 77.6 Å². The van der Waals surface area contributed by atoms with Gasteiger partial charge in [0.15, 0.2) is 5.58 Å². The lowest BCUT2D eigenvalue weighted by atomic mass is 9.99. The van der Waals surface area contributed by atoms with Gasteiger partial charge < -0.3 is 13.7 Å². The summed E-state index contributed by atoms with van der Waals surface area (Å²) in [5.41, 5.74) is 11.8. The molecule has 0 aliphatic rings. The molecule has 0 aliphatic carbocycles. The summed E-state index contributed by atoms with van der Waals surface area (Å²) in [6.45, 7) is 0.